The average Bonchev–Trinajstić information content (AvgIpc) is 3.63. The molecule has 11 heteroatoms. The van der Waals surface area contributed by atoms with Crippen LogP contribution in [0.4, 0.5) is 22.0 Å². The SMILES string of the molecule is Fc1cc2[nH]cc(CCNCC3CC3)c2cc1F.O=C(O)c1nccnc1-c1cccc(C(F)(F)F)c1. The molecule has 0 aliphatic heterocycles. The van der Waals surface area contributed by atoms with Gasteiger partial charge in [0, 0.05) is 41.1 Å². The molecular weight excluding hydrogens is 495 g/mol. The molecule has 0 spiro atoms. The molecule has 0 atom stereocenters. The lowest BCUT2D eigenvalue weighted by Gasteiger charge is -2.09. The van der Waals surface area contributed by atoms with Gasteiger partial charge in [-0.15, -0.1) is 0 Å². The number of benzene rings is 2. The van der Waals surface area contributed by atoms with E-state index in [1.54, 1.807) is 0 Å². The van der Waals surface area contributed by atoms with Crippen molar-refractivity contribution >= 4 is 16.9 Å². The monoisotopic (exact) mass is 518 g/mol. The summed E-state index contributed by atoms with van der Waals surface area (Å²) in [7, 11) is 0. The highest BCUT2D eigenvalue weighted by Gasteiger charge is 2.31. The van der Waals surface area contributed by atoms with E-state index in [1.807, 2.05) is 6.20 Å². The van der Waals surface area contributed by atoms with E-state index >= 15 is 0 Å². The maximum atomic E-state index is 13.2. The Kier molecular flexibility index (Phi) is 7.82. The molecule has 2 aromatic heterocycles. The summed E-state index contributed by atoms with van der Waals surface area (Å²) in [6.07, 6.45) is 3.24. The van der Waals surface area contributed by atoms with Crippen LogP contribution in [0.5, 0.6) is 0 Å². The molecule has 0 amide bonds. The Morgan fingerprint density at radius 1 is 1.08 bits per heavy atom. The van der Waals surface area contributed by atoms with Gasteiger partial charge in [0.25, 0.3) is 0 Å². The van der Waals surface area contributed by atoms with E-state index in [0.29, 0.717) is 5.52 Å². The maximum Gasteiger partial charge on any atom is 0.416 e. The average molecular weight is 518 g/mol. The van der Waals surface area contributed by atoms with Crippen LogP contribution in [-0.4, -0.2) is 39.1 Å². The highest BCUT2D eigenvalue weighted by molar-refractivity contribution is 5.92. The molecule has 1 fully saturated rings. The summed E-state index contributed by atoms with van der Waals surface area (Å²) in [5, 5.41) is 13.1. The van der Waals surface area contributed by atoms with Crippen LogP contribution < -0.4 is 5.32 Å². The molecule has 0 unspecified atom stereocenters. The number of carbonyl (C=O) groups is 1. The van der Waals surface area contributed by atoms with Crippen LogP contribution in [0.2, 0.25) is 0 Å². The van der Waals surface area contributed by atoms with Crippen LogP contribution in [0, 0.1) is 17.6 Å². The Morgan fingerprint density at radius 2 is 1.81 bits per heavy atom. The highest BCUT2D eigenvalue weighted by Crippen LogP contribution is 2.32. The quantitative estimate of drug-likeness (QED) is 0.211. The van der Waals surface area contributed by atoms with Gasteiger partial charge in [-0.1, -0.05) is 12.1 Å². The number of hydrogen-bond donors (Lipinski definition) is 3. The summed E-state index contributed by atoms with van der Waals surface area (Å²) in [4.78, 5) is 21.3. The first-order chi connectivity index (χ1) is 17.6. The largest absolute Gasteiger partial charge is 0.476 e. The Balaban J connectivity index is 0.000000173. The Morgan fingerprint density at radius 3 is 2.51 bits per heavy atom. The van der Waals surface area contributed by atoms with Gasteiger partial charge in [0.1, 0.15) is 5.69 Å². The lowest BCUT2D eigenvalue weighted by atomic mass is 10.1. The molecule has 0 bridgehead atoms. The van der Waals surface area contributed by atoms with Gasteiger partial charge >= 0.3 is 12.1 Å². The second-order valence-electron chi connectivity index (χ2n) is 8.66. The first-order valence-electron chi connectivity index (χ1n) is 11.5. The van der Waals surface area contributed by atoms with E-state index in [9.17, 15) is 26.7 Å². The van der Waals surface area contributed by atoms with E-state index in [2.05, 4.69) is 20.3 Å². The number of nitrogens with one attached hydrogen (secondary N) is 2. The Labute approximate surface area is 208 Å². The van der Waals surface area contributed by atoms with E-state index in [4.69, 9.17) is 5.11 Å². The number of hydrogen-bond acceptors (Lipinski definition) is 4. The number of carboxylic acid groups (broad SMARTS) is 1. The number of alkyl halides is 3. The molecule has 5 rings (SSSR count). The number of aromatic amines is 1. The van der Waals surface area contributed by atoms with E-state index in [0.717, 1.165) is 48.5 Å². The van der Waals surface area contributed by atoms with E-state index in [-0.39, 0.29) is 17.0 Å². The third-order valence-electron chi connectivity index (χ3n) is 5.87. The van der Waals surface area contributed by atoms with Gasteiger partial charge in [0.15, 0.2) is 17.3 Å². The van der Waals surface area contributed by atoms with Crippen molar-refractivity contribution in [1.29, 1.82) is 0 Å². The highest BCUT2D eigenvalue weighted by atomic mass is 19.4. The van der Waals surface area contributed by atoms with Crippen molar-refractivity contribution in [3.8, 4) is 11.3 Å². The van der Waals surface area contributed by atoms with Crippen LogP contribution >= 0.6 is 0 Å². The first kappa shape index (κ1) is 26.2. The zero-order valence-electron chi connectivity index (χ0n) is 19.4. The van der Waals surface area contributed by atoms with Crippen LogP contribution in [0.15, 0.2) is 55.0 Å². The lowest BCUT2D eigenvalue weighted by Crippen LogP contribution is -2.19. The fraction of sp³-hybridized carbons (Fsp3) is 0.269. The fourth-order valence-electron chi connectivity index (χ4n) is 3.78. The molecule has 1 saturated carbocycles. The zero-order valence-corrected chi connectivity index (χ0v) is 19.4. The number of rotatable bonds is 7. The second-order valence-corrected chi connectivity index (χ2v) is 8.66. The van der Waals surface area contributed by atoms with Gasteiger partial charge in [0.05, 0.1) is 5.56 Å². The van der Waals surface area contributed by atoms with Crippen molar-refractivity contribution in [2.24, 2.45) is 5.92 Å². The van der Waals surface area contributed by atoms with Crippen molar-refractivity contribution in [2.75, 3.05) is 13.1 Å². The first-order valence-corrected chi connectivity index (χ1v) is 11.5. The second kappa shape index (κ2) is 11.0. The minimum absolute atomic E-state index is 0.0559. The number of halogens is 5. The van der Waals surface area contributed by atoms with E-state index in [1.165, 1.54) is 49.5 Å². The van der Waals surface area contributed by atoms with Gasteiger partial charge in [-0.25, -0.2) is 18.6 Å². The smallest absolute Gasteiger partial charge is 0.416 e. The summed E-state index contributed by atoms with van der Waals surface area (Å²) >= 11 is 0. The number of H-pyrrole nitrogens is 1. The Bertz CT molecular complexity index is 1400. The number of aromatic nitrogens is 3. The van der Waals surface area contributed by atoms with Crippen LogP contribution in [0.1, 0.15) is 34.5 Å². The van der Waals surface area contributed by atoms with Gasteiger partial charge in [0.2, 0.25) is 0 Å². The predicted octanol–water partition coefficient (Wildman–Crippen LogP) is 5.85. The molecule has 4 aromatic rings. The normalized spacial score (nSPS) is 13.3. The van der Waals surface area contributed by atoms with Crippen molar-refractivity contribution in [2.45, 2.75) is 25.4 Å². The molecule has 1 aliphatic carbocycles. The fourth-order valence-corrected chi connectivity index (χ4v) is 3.78. The number of carboxylic acids is 1. The minimum atomic E-state index is -4.50. The van der Waals surface area contributed by atoms with Gasteiger partial charge in [-0.3, -0.25) is 4.98 Å². The molecule has 2 aromatic carbocycles. The summed E-state index contributed by atoms with van der Waals surface area (Å²) in [6, 6.07) is 6.78. The van der Waals surface area contributed by atoms with Crippen molar-refractivity contribution in [1.82, 2.24) is 20.3 Å². The molecule has 194 valence electrons. The van der Waals surface area contributed by atoms with E-state index < -0.39 is 29.3 Å². The minimum Gasteiger partial charge on any atom is -0.476 e. The summed E-state index contributed by atoms with van der Waals surface area (Å²) in [6.45, 7) is 1.95. The molecule has 0 radical (unpaired) electrons. The molecular formula is C26H23F5N4O2. The molecule has 0 saturated heterocycles. The predicted molar refractivity (Wildman–Crippen MR) is 127 cm³/mol. The van der Waals surface area contributed by atoms with Crippen LogP contribution in [0.3, 0.4) is 0 Å². The number of fused-ring (bicyclic) bond motifs is 1. The van der Waals surface area contributed by atoms with Crippen molar-refractivity contribution < 1.29 is 31.9 Å². The third kappa shape index (κ3) is 6.67. The number of aromatic carboxylic acids is 1. The summed E-state index contributed by atoms with van der Waals surface area (Å²) in [5.41, 5.74) is 0.397. The molecule has 6 nitrogen and oxygen atoms in total. The molecule has 1 aliphatic rings. The molecule has 3 N–H and O–H groups in total. The zero-order chi connectivity index (χ0) is 26.6. The summed E-state index contributed by atoms with van der Waals surface area (Å²) < 4.78 is 64.0. The van der Waals surface area contributed by atoms with Crippen molar-refractivity contribution in [3.63, 3.8) is 0 Å². The standard InChI is InChI=1S/C14H16F2N2.C12H7F3N2O2/c15-12-5-11-10(3-4-17-7-9-1-2-9)8-18-14(11)6-13(12)16;13-12(14,15)8-3-1-2-7(6-8)9-10(11(18)19)17-5-4-16-9/h5-6,8-9,17-18H,1-4,7H2;1-6H,(H,18,19). The third-order valence-corrected chi connectivity index (χ3v) is 5.87. The summed E-state index contributed by atoms with van der Waals surface area (Å²) in [5.74, 6) is -2.07. The molecule has 2 heterocycles. The number of nitrogens with zero attached hydrogens (tertiary/aromatic N) is 2. The van der Waals surface area contributed by atoms with Crippen LogP contribution in [0.25, 0.3) is 22.2 Å². The van der Waals surface area contributed by atoms with Gasteiger partial charge < -0.3 is 15.4 Å². The van der Waals surface area contributed by atoms with Crippen LogP contribution in [-0.2, 0) is 12.6 Å². The van der Waals surface area contributed by atoms with Gasteiger partial charge in [-0.2, -0.15) is 13.2 Å². The topological polar surface area (TPSA) is 90.9 Å². The maximum absolute atomic E-state index is 13.2. The van der Waals surface area contributed by atoms with Crippen molar-refractivity contribution in [3.05, 3.63) is 83.4 Å². The molecule has 37 heavy (non-hydrogen) atoms. The van der Waals surface area contributed by atoms with Gasteiger partial charge in [-0.05, 0) is 62.0 Å². The Hall–Kier alpha value is -3.86. The lowest BCUT2D eigenvalue weighted by molar-refractivity contribution is -0.137.